The van der Waals surface area contributed by atoms with Crippen molar-refractivity contribution in [1.29, 1.82) is 0 Å². The smallest absolute Gasteiger partial charge is 0.329 e. The van der Waals surface area contributed by atoms with Crippen LogP contribution in [0.25, 0.3) is 0 Å². The Morgan fingerprint density at radius 2 is 1.71 bits per heavy atom. The third kappa shape index (κ3) is 2.72. The number of imide groups is 1. The Balaban J connectivity index is 1.63. The minimum absolute atomic E-state index is 0.0748. The van der Waals surface area contributed by atoms with Crippen LogP contribution in [0.15, 0.2) is 18.2 Å². The standard InChI is InChI=1S/C21H24N2O5/c1-21(20(27)28)10-5-11-22(21)17(24)13-8-9-15-16(12-13)19(26)23(18(15)25)14-6-3-2-4-7-14/h8-9,12,14H,2-7,10-11H2,1H3,(H,27,28). The second-order valence-corrected chi connectivity index (χ2v) is 8.17. The Kier molecular flexibility index (Phi) is 4.48. The fourth-order valence-corrected chi connectivity index (χ4v) is 4.73. The van der Waals surface area contributed by atoms with Gasteiger partial charge in [-0.3, -0.25) is 19.3 Å². The lowest BCUT2D eigenvalue weighted by Crippen LogP contribution is -2.50. The van der Waals surface area contributed by atoms with E-state index < -0.39 is 17.4 Å². The van der Waals surface area contributed by atoms with E-state index in [-0.39, 0.29) is 29.0 Å². The Morgan fingerprint density at radius 3 is 2.39 bits per heavy atom. The van der Waals surface area contributed by atoms with Gasteiger partial charge >= 0.3 is 5.97 Å². The second-order valence-electron chi connectivity index (χ2n) is 8.17. The normalized spacial score (nSPS) is 25.3. The molecule has 1 saturated carbocycles. The highest BCUT2D eigenvalue weighted by molar-refractivity contribution is 6.22. The first-order chi connectivity index (χ1) is 13.3. The second kappa shape index (κ2) is 6.72. The van der Waals surface area contributed by atoms with Crippen LogP contribution in [0, 0.1) is 0 Å². The number of amides is 3. The molecular weight excluding hydrogens is 360 g/mol. The molecule has 2 fully saturated rings. The van der Waals surface area contributed by atoms with Gasteiger partial charge in [0.05, 0.1) is 11.1 Å². The van der Waals surface area contributed by atoms with Crippen molar-refractivity contribution >= 4 is 23.7 Å². The van der Waals surface area contributed by atoms with Gasteiger partial charge in [0.2, 0.25) is 0 Å². The lowest BCUT2D eigenvalue weighted by atomic mass is 9.94. The van der Waals surface area contributed by atoms with Gasteiger partial charge in [0.25, 0.3) is 17.7 Å². The lowest BCUT2D eigenvalue weighted by molar-refractivity contribution is -0.147. The third-order valence-corrected chi connectivity index (χ3v) is 6.45. The van der Waals surface area contributed by atoms with Crippen molar-refractivity contribution in [2.45, 2.75) is 63.5 Å². The predicted octanol–water partition coefficient (Wildman–Crippen LogP) is 2.69. The van der Waals surface area contributed by atoms with Gasteiger partial charge in [0.15, 0.2) is 0 Å². The average molecular weight is 384 g/mol. The van der Waals surface area contributed by atoms with Crippen LogP contribution in [0.3, 0.4) is 0 Å². The fourth-order valence-electron chi connectivity index (χ4n) is 4.73. The van der Waals surface area contributed by atoms with Crippen molar-refractivity contribution in [2.75, 3.05) is 6.54 Å². The van der Waals surface area contributed by atoms with Crippen molar-refractivity contribution in [3.63, 3.8) is 0 Å². The molecule has 7 heteroatoms. The number of carbonyl (C=O) groups excluding carboxylic acids is 3. The van der Waals surface area contributed by atoms with Gasteiger partial charge in [-0.25, -0.2) is 4.79 Å². The summed E-state index contributed by atoms with van der Waals surface area (Å²) in [6.45, 7) is 1.91. The predicted molar refractivity (Wildman–Crippen MR) is 100 cm³/mol. The fraction of sp³-hybridized carbons (Fsp3) is 0.524. The van der Waals surface area contributed by atoms with Gasteiger partial charge in [0, 0.05) is 18.2 Å². The zero-order chi connectivity index (χ0) is 20.1. The Morgan fingerprint density at radius 1 is 1.04 bits per heavy atom. The Labute approximate surface area is 163 Å². The lowest BCUT2D eigenvalue weighted by Gasteiger charge is -2.31. The number of hydrogen-bond acceptors (Lipinski definition) is 4. The minimum atomic E-state index is -1.25. The summed E-state index contributed by atoms with van der Waals surface area (Å²) in [6.07, 6.45) is 5.79. The van der Waals surface area contributed by atoms with Crippen LogP contribution in [0.5, 0.6) is 0 Å². The first-order valence-electron chi connectivity index (χ1n) is 9.92. The van der Waals surface area contributed by atoms with Gasteiger partial charge in [-0.2, -0.15) is 0 Å². The number of likely N-dealkylation sites (tertiary alicyclic amines) is 1. The molecule has 2 aliphatic heterocycles. The summed E-state index contributed by atoms with van der Waals surface area (Å²) in [6, 6.07) is 4.44. The third-order valence-electron chi connectivity index (χ3n) is 6.45. The Hall–Kier alpha value is -2.70. The van der Waals surface area contributed by atoms with Crippen molar-refractivity contribution in [2.24, 2.45) is 0 Å². The summed E-state index contributed by atoms with van der Waals surface area (Å²) < 4.78 is 0. The quantitative estimate of drug-likeness (QED) is 0.809. The molecule has 1 saturated heterocycles. The van der Waals surface area contributed by atoms with E-state index in [9.17, 15) is 24.3 Å². The average Bonchev–Trinajstić information content (AvgIpc) is 3.21. The maximum absolute atomic E-state index is 13.0. The molecule has 1 unspecified atom stereocenters. The van der Waals surface area contributed by atoms with E-state index in [2.05, 4.69) is 0 Å². The van der Waals surface area contributed by atoms with Crippen LogP contribution in [0.4, 0.5) is 0 Å². The zero-order valence-corrected chi connectivity index (χ0v) is 15.9. The monoisotopic (exact) mass is 384 g/mol. The molecule has 7 nitrogen and oxygen atoms in total. The molecule has 3 aliphatic rings. The molecule has 0 spiro atoms. The number of carboxylic acid groups (broad SMARTS) is 1. The molecule has 1 atom stereocenters. The first kappa shape index (κ1) is 18.7. The molecule has 1 aromatic carbocycles. The zero-order valence-electron chi connectivity index (χ0n) is 15.9. The summed E-state index contributed by atoms with van der Waals surface area (Å²) in [5.74, 6) is -2.08. The molecule has 148 valence electrons. The van der Waals surface area contributed by atoms with Crippen LogP contribution in [0.1, 0.15) is 82.9 Å². The van der Waals surface area contributed by atoms with Gasteiger partial charge in [-0.1, -0.05) is 19.3 Å². The van der Waals surface area contributed by atoms with Gasteiger partial charge in [-0.05, 0) is 50.8 Å². The molecule has 1 aromatic rings. The number of carbonyl (C=O) groups is 4. The summed E-state index contributed by atoms with van der Waals surface area (Å²) in [5, 5.41) is 9.55. The van der Waals surface area contributed by atoms with Crippen molar-refractivity contribution in [3.8, 4) is 0 Å². The summed E-state index contributed by atoms with van der Waals surface area (Å²) >= 11 is 0. The van der Waals surface area contributed by atoms with E-state index in [0.717, 1.165) is 32.1 Å². The molecule has 2 heterocycles. The van der Waals surface area contributed by atoms with Gasteiger partial charge < -0.3 is 10.0 Å². The number of carboxylic acids is 1. The highest BCUT2D eigenvalue weighted by Crippen LogP contribution is 2.34. The Bertz CT molecular complexity index is 874. The van der Waals surface area contributed by atoms with E-state index >= 15 is 0 Å². The summed E-state index contributed by atoms with van der Waals surface area (Å²) in [4.78, 5) is 53.1. The van der Waals surface area contributed by atoms with E-state index in [1.54, 1.807) is 6.92 Å². The van der Waals surface area contributed by atoms with Gasteiger partial charge in [0.1, 0.15) is 5.54 Å². The molecule has 4 rings (SSSR count). The van der Waals surface area contributed by atoms with Crippen molar-refractivity contribution < 1.29 is 24.3 Å². The van der Waals surface area contributed by atoms with Crippen LogP contribution in [0.2, 0.25) is 0 Å². The number of benzene rings is 1. The molecule has 3 amide bonds. The summed E-state index contributed by atoms with van der Waals surface area (Å²) in [7, 11) is 0. The number of fused-ring (bicyclic) bond motifs is 1. The van der Waals surface area contributed by atoms with Crippen molar-refractivity contribution in [3.05, 3.63) is 34.9 Å². The first-order valence-corrected chi connectivity index (χ1v) is 9.92. The van der Waals surface area contributed by atoms with Gasteiger partial charge in [-0.15, -0.1) is 0 Å². The maximum atomic E-state index is 13.0. The van der Waals surface area contributed by atoms with Crippen LogP contribution in [-0.4, -0.2) is 56.7 Å². The molecule has 1 aliphatic carbocycles. The molecule has 0 bridgehead atoms. The number of aliphatic carboxylic acids is 1. The molecular formula is C21H24N2O5. The van der Waals surface area contributed by atoms with Crippen LogP contribution < -0.4 is 0 Å². The van der Waals surface area contributed by atoms with E-state index in [1.807, 2.05) is 0 Å². The summed E-state index contributed by atoms with van der Waals surface area (Å²) in [5.41, 5.74) is -0.420. The van der Waals surface area contributed by atoms with Crippen LogP contribution >= 0.6 is 0 Å². The minimum Gasteiger partial charge on any atom is -0.480 e. The topological polar surface area (TPSA) is 95.0 Å². The largest absolute Gasteiger partial charge is 0.480 e. The molecule has 28 heavy (non-hydrogen) atoms. The SMILES string of the molecule is CC1(C(=O)O)CCCN1C(=O)c1ccc2c(c1)C(=O)N(C1CCCCC1)C2=O. The number of hydrogen-bond donors (Lipinski definition) is 1. The van der Waals surface area contributed by atoms with E-state index in [0.29, 0.717) is 24.9 Å². The number of nitrogens with zero attached hydrogens (tertiary/aromatic N) is 2. The molecule has 0 radical (unpaired) electrons. The number of rotatable bonds is 3. The highest BCUT2D eigenvalue weighted by atomic mass is 16.4. The van der Waals surface area contributed by atoms with Crippen molar-refractivity contribution in [1.82, 2.24) is 9.80 Å². The van der Waals surface area contributed by atoms with E-state index in [4.69, 9.17) is 0 Å². The molecule has 1 N–H and O–H groups in total. The maximum Gasteiger partial charge on any atom is 0.329 e. The van der Waals surface area contributed by atoms with Crippen LogP contribution in [-0.2, 0) is 4.79 Å². The highest BCUT2D eigenvalue weighted by Gasteiger charge is 2.47. The van der Waals surface area contributed by atoms with E-state index in [1.165, 1.54) is 28.0 Å². The molecule has 0 aromatic heterocycles.